The molecule has 0 saturated carbocycles. The average molecular weight is 278 g/mol. The topological polar surface area (TPSA) is 64.3 Å². The number of carbonyl (C=O) groups excluding carboxylic acids is 1. The molecule has 0 aliphatic rings. The maximum Gasteiger partial charge on any atom is 0.220 e. The molecule has 0 bridgehead atoms. The summed E-state index contributed by atoms with van der Waals surface area (Å²) in [6, 6.07) is 6.20. The lowest BCUT2D eigenvalue weighted by Gasteiger charge is -2.13. The number of nitrogens with two attached hydrogens (primary N) is 1. The molecule has 20 heavy (non-hydrogen) atoms. The number of methoxy groups -OCH3 is 1. The molecule has 1 aromatic rings. The smallest absolute Gasteiger partial charge is 0.220 e. The van der Waals surface area contributed by atoms with E-state index in [2.05, 4.69) is 31.3 Å². The van der Waals surface area contributed by atoms with E-state index in [-0.39, 0.29) is 5.91 Å². The van der Waals surface area contributed by atoms with Crippen LogP contribution in [0.5, 0.6) is 5.75 Å². The van der Waals surface area contributed by atoms with Crippen LogP contribution in [0, 0.1) is 0 Å². The molecule has 0 unspecified atom stereocenters. The summed E-state index contributed by atoms with van der Waals surface area (Å²) in [7, 11) is 1.66. The summed E-state index contributed by atoms with van der Waals surface area (Å²) in [5, 5.41) is 2.87. The van der Waals surface area contributed by atoms with Gasteiger partial charge in [-0.1, -0.05) is 26.0 Å². The van der Waals surface area contributed by atoms with E-state index in [0.717, 1.165) is 17.7 Å². The fourth-order valence-electron chi connectivity index (χ4n) is 2.02. The number of carbonyl (C=O) groups is 1. The third-order valence-electron chi connectivity index (χ3n) is 3.30. The second-order valence-electron chi connectivity index (χ2n) is 5.22. The average Bonchev–Trinajstić information content (AvgIpc) is 2.45. The van der Waals surface area contributed by atoms with Gasteiger partial charge in [0.15, 0.2) is 0 Å². The van der Waals surface area contributed by atoms with Crippen LogP contribution in [-0.4, -0.2) is 26.1 Å². The van der Waals surface area contributed by atoms with Gasteiger partial charge in [-0.15, -0.1) is 0 Å². The van der Waals surface area contributed by atoms with Gasteiger partial charge in [-0.25, -0.2) is 0 Å². The Morgan fingerprint density at radius 1 is 1.40 bits per heavy atom. The number of nitrogens with one attached hydrogen (secondary N) is 1. The Kier molecular flexibility index (Phi) is 7.09. The summed E-state index contributed by atoms with van der Waals surface area (Å²) in [6.45, 7) is 5.57. The predicted molar refractivity (Wildman–Crippen MR) is 82.1 cm³/mol. The molecule has 0 atom stereocenters. The monoisotopic (exact) mass is 278 g/mol. The maximum atomic E-state index is 11.7. The normalized spacial score (nSPS) is 10.7. The SMILES string of the molecule is COc1ccc(C(C)C)cc1CCC(=O)NCCCN. The molecular formula is C16H26N2O2. The van der Waals surface area contributed by atoms with Gasteiger partial charge in [0, 0.05) is 13.0 Å². The third-order valence-corrected chi connectivity index (χ3v) is 3.30. The number of ether oxygens (including phenoxy) is 1. The van der Waals surface area contributed by atoms with E-state index in [1.165, 1.54) is 5.56 Å². The molecule has 4 nitrogen and oxygen atoms in total. The summed E-state index contributed by atoms with van der Waals surface area (Å²) < 4.78 is 5.36. The molecule has 1 aromatic carbocycles. The summed E-state index contributed by atoms with van der Waals surface area (Å²) in [6.07, 6.45) is 1.98. The van der Waals surface area contributed by atoms with Crippen LogP contribution in [0.1, 0.15) is 43.7 Å². The zero-order chi connectivity index (χ0) is 15.0. The van der Waals surface area contributed by atoms with Crippen molar-refractivity contribution in [2.24, 2.45) is 5.73 Å². The first kappa shape index (κ1) is 16.5. The molecular weight excluding hydrogens is 252 g/mol. The van der Waals surface area contributed by atoms with Crippen molar-refractivity contribution < 1.29 is 9.53 Å². The van der Waals surface area contributed by atoms with Gasteiger partial charge in [0.1, 0.15) is 5.75 Å². The van der Waals surface area contributed by atoms with Crippen molar-refractivity contribution in [1.29, 1.82) is 0 Å². The van der Waals surface area contributed by atoms with E-state index in [0.29, 0.717) is 31.8 Å². The molecule has 0 aliphatic heterocycles. The lowest BCUT2D eigenvalue weighted by molar-refractivity contribution is -0.121. The third kappa shape index (κ3) is 5.21. The minimum Gasteiger partial charge on any atom is -0.496 e. The first-order valence-electron chi connectivity index (χ1n) is 7.22. The molecule has 0 saturated heterocycles. The summed E-state index contributed by atoms with van der Waals surface area (Å²) in [4.78, 5) is 11.7. The van der Waals surface area contributed by atoms with Gasteiger partial charge < -0.3 is 15.8 Å². The Balaban J connectivity index is 2.61. The summed E-state index contributed by atoms with van der Waals surface area (Å²) in [5.41, 5.74) is 7.75. The Hall–Kier alpha value is -1.55. The van der Waals surface area contributed by atoms with Crippen LogP contribution >= 0.6 is 0 Å². The van der Waals surface area contributed by atoms with Gasteiger partial charge in [0.2, 0.25) is 5.91 Å². The highest BCUT2D eigenvalue weighted by atomic mass is 16.5. The molecule has 0 spiro atoms. The van der Waals surface area contributed by atoms with Crippen LogP contribution in [0.4, 0.5) is 0 Å². The number of aryl methyl sites for hydroxylation is 1. The predicted octanol–water partition coefficient (Wildman–Crippen LogP) is 2.22. The van der Waals surface area contributed by atoms with Crippen LogP contribution in [0.3, 0.4) is 0 Å². The van der Waals surface area contributed by atoms with Gasteiger partial charge in [0.05, 0.1) is 7.11 Å². The van der Waals surface area contributed by atoms with Crippen molar-refractivity contribution in [1.82, 2.24) is 5.32 Å². The van der Waals surface area contributed by atoms with Crippen LogP contribution < -0.4 is 15.8 Å². The number of rotatable bonds is 8. The molecule has 3 N–H and O–H groups in total. The van der Waals surface area contributed by atoms with Crippen molar-refractivity contribution in [2.75, 3.05) is 20.2 Å². The van der Waals surface area contributed by atoms with Gasteiger partial charge in [-0.3, -0.25) is 4.79 Å². The molecule has 1 rings (SSSR count). The second-order valence-corrected chi connectivity index (χ2v) is 5.22. The van der Waals surface area contributed by atoms with E-state index in [1.54, 1.807) is 7.11 Å². The maximum absolute atomic E-state index is 11.7. The molecule has 4 heteroatoms. The van der Waals surface area contributed by atoms with Gasteiger partial charge in [0.25, 0.3) is 0 Å². The number of hydrogen-bond donors (Lipinski definition) is 2. The number of benzene rings is 1. The van der Waals surface area contributed by atoms with Gasteiger partial charge in [-0.2, -0.15) is 0 Å². The lowest BCUT2D eigenvalue weighted by Crippen LogP contribution is -2.26. The summed E-state index contributed by atoms with van der Waals surface area (Å²) >= 11 is 0. The fraction of sp³-hybridized carbons (Fsp3) is 0.562. The fourth-order valence-corrected chi connectivity index (χ4v) is 2.02. The van der Waals surface area contributed by atoms with Crippen LogP contribution in [0.15, 0.2) is 18.2 Å². The van der Waals surface area contributed by atoms with E-state index >= 15 is 0 Å². The Morgan fingerprint density at radius 2 is 2.15 bits per heavy atom. The minimum atomic E-state index is 0.0652. The largest absolute Gasteiger partial charge is 0.496 e. The highest BCUT2D eigenvalue weighted by Crippen LogP contribution is 2.25. The van der Waals surface area contributed by atoms with Crippen molar-refractivity contribution in [3.63, 3.8) is 0 Å². The van der Waals surface area contributed by atoms with E-state index < -0.39 is 0 Å². The standard InChI is InChI=1S/C16H26N2O2/c1-12(2)13-5-7-15(20-3)14(11-13)6-8-16(19)18-10-4-9-17/h5,7,11-12H,4,6,8-10,17H2,1-3H3,(H,18,19). The van der Waals surface area contributed by atoms with Crippen molar-refractivity contribution in [3.05, 3.63) is 29.3 Å². The van der Waals surface area contributed by atoms with Crippen LogP contribution in [0.2, 0.25) is 0 Å². The Morgan fingerprint density at radius 3 is 2.75 bits per heavy atom. The minimum absolute atomic E-state index is 0.0652. The molecule has 0 radical (unpaired) electrons. The quantitative estimate of drug-likeness (QED) is 0.717. The lowest BCUT2D eigenvalue weighted by atomic mass is 9.98. The highest BCUT2D eigenvalue weighted by molar-refractivity contribution is 5.76. The van der Waals surface area contributed by atoms with E-state index in [1.807, 2.05) is 6.07 Å². The zero-order valence-electron chi connectivity index (χ0n) is 12.7. The Bertz CT molecular complexity index is 430. The van der Waals surface area contributed by atoms with E-state index in [9.17, 15) is 4.79 Å². The summed E-state index contributed by atoms with van der Waals surface area (Å²) in [5.74, 6) is 1.39. The van der Waals surface area contributed by atoms with Crippen LogP contribution in [-0.2, 0) is 11.2 Å². The van der Waals surface area contributed by atoms with Crippen molar-refractivity contribution in [3.8, 4) is 5.75 Å². The number of hydrogen-bond acceptors (Lipinski definition) is 3. The molecule has 0 aliphatic carbocycles. The Labute approximate surface area is 121 Å². The molecule has 112 valence electrons. The first-order chi connectivity index (χ1) is 9.58. The number of amides is 1. The van der Waals surface area contributed by atoms with Crippen molar-refractivity contribution >= 4 is 5.91 Å². The first-order valence-corrected chi connectivity index (χ1v) is 7.22. The van der Waals surface area contributed by atoms with Crippen molar-refractivity contribution in [2.45, 2.75) is 39.0 Å². The van der Waals surface area contributed by atoms with Gasteiger partial charge >= 0.3 is 0 Å². The molecule has 0 aromatic heterocycles. The van der Waals surface area contributed by atoms with Crippen LogP contribution in [0.25, 0.3) is 0 Å². The second kappa shape index (κ2) is 8.59. The molecule has 0 heterocycles. The molecule has 1 amide bonds. The highest BCUT2D eigenvalue weighted by Gasteiger charge is 2.09. The van der Waals surface area contributed by atoms with E-state index in [4.69, 9.17) is 10.5 Å². The van der Waals surface area contributed by atoms with Gasteiger partial charge in [-0.05, 0) is 42.5 Å². The zero-order valence-corrected chi connectivity index (χ0v) is 12.7. The molecule has 0 fully saturated rings.